The van der Waals surface area contributed by atoms with Gasteiger partial charge in [0.15, 0.2) is 31.0 Å². The molecule has 14 aromatic carbocycles. The lowest BCUT2D eigenvalue weighted by atomic mass is 9.99. The lowest BCUT2D eigenvalue weighted by molar-refractivity contribution is -0.659. The summed E-state index contributed by atoms with van der Waals surface area (Å²) in [6.45, 7) is 3.81. The van der Waals surface area contributed by atoms with Crippen LogP contribution in [0.15, 0.2) is 328 Å². The number of hydrogen-bond donors (Lipinski definition) is 0. The third-order valence-corrected chi connectivity index (χ3v) is 32.0. The number of aromatic nitrogens is 6. The zero-order valence-electron chi connectivity index (χ0n) is 85.9. The number of thiophene rings is 5. The van der Waals surface area contributed by atoms with E-state index in [2.05, 4.69) is 279 Å². The van der Waals surface area contributed by atoms with Crippen molar-refractivity contribution in [3.63, 3.8) is 0 Å². The summed E-state index contributed by atoms with van der Waals surface area (Å²) in [4.78, 5) is 4.52. The van der Waals surface area contributed by atoms with Crippen LogP contribution in [0.3, 0.4) is 0 Å². The quantitative estimate of drug-likeness (QED) is 0.158. The highest BCUT2D eigenvalue weighted by Gasteiger charge is 2.29. The van der Waals surface area contributed by atoms with Gasteiger partial charge in [-0.15, -0.1) is 56.7 Å². The van der Waals surface area contributed by atoms with Crippen molar-refractivity contribution >= 4 is 212 Å². The molecule has 25 aromatic rings. The van der Waals surface area contributed by atoms with Gasteiger partial charge >= 0.3 is 0 Å². The van der Waals surface area contributed by atoms with E-state index in [0.717, 1.165) is 102 Å². The van der Waals surface area contributed by atoms with Gasteiger partial charge in [0, 0.05) is 135 Å². The van der Waals surface area contributed by atoms with Crippen LogP contribution in [0.1, 0.15) is 72.1 Å². The molecule has 11 aromatic heterocycles. The summed E-state index contributed by atoms with van der Waals surface area (Å²) in [5.41, 5.74) is 20.8. The summed E-state index contributed by atoms with van der Waals surface area (Å²) in [5.74, 6) is 0. The molecule has 0 aliphatic heterocycles. The Bertz CT molecular complexity index is 9490. The molecule has 6 nitrogen and oxygen atoms in total. The first kappa shape index (κ1) is 70.4. The molecule has 0 amide bonds. The van der Waals surface area contributed by atoms with Crippen molar-refractivity contribution in [3.8, 4) is 56.3 Å². The molecule has 0 radical (unpaired) electrons. The van der Waals surface area contributed by atoms with Gasteiger partial charge in [0.05, 0.1) is 33.3 Å². The number of rotatable bonds is 5. The topological polar surface area (TPSA) is 32.3 Å². The minimum Gasteiger partial charge on any atom is -0.256 e. The maximum Gasteiger partial charge on any atom is 0.230 e. The fraction of sp³-hybridized carbons (Fsp3) is 0.126. The minimum absolute atomic E-state index is 0.295. The van der Waals surface area contributed by atoms with Crippen molar-refractivity contribution in [1.29, 1.82) is 0 Å². The smallest absolute Gasteiger partial charge is 0.230 e. The molecule has 0 N–H and O–H groups in total. The highest BCUT2D eigenvalue weighted by Crippen LogP contribution is 2.49. The van der Waals surface area contributed by atoms with Crippen LogP contribution >= 0.6 is 56.7 Å². The number of benzene rings is 14. The molecule has 11 heteroatoms. The van der Waals surface area contributed by atoms with E-state index >= 15 is 0 Å². The Balaban J connectivity index is 0.000000105. The molecule has 0 saturated heterocycles. The second kappa shape index (κ2) is 33.8. The Morgan fingerprint density at radius 3 is 0.946 bits per heavy atom. The van der Waals surface area contributed by atoms with E-state index in [9.17, 15) is 0 Å². The molecule has 25 rings (SSSR count). The summed E-state index contributed by atoms with van der Waals surface area (Å²) < 4.78 is 118. The van der Waals surface area contributed by atoms with Gasteiger partial charge in [-0.25, -0.2) is 0 Å². The predicted molar refractivity (Wildman–Crippen MR) is 562 cm³/mol. The summed E-state index contributed by atoms with van der Waals surface area (Å²) in [6.07, 6.45) is 11.8. The monoisotopic (exact) mass is 1780 g/mol. The number of aryl methyl sites for hydroxylation is 15. The predicted octanol–water partition coefficient (Wildman–Crippen LogP) is 31.0. The van der Waals surface area contributed by atoms with Gasteiger partial charge < -0.3 is 0 Å². The van der Waals surface area contributed by atoms with Crippen molar-refractivity contribution in [2.75, 3.05) is 0 Å². The van der Waals surface area contributed by atoms with E-state index in [4.69, 9.17) is 16.4 Å². The van der Waals surface area contributed by atoms with Crippen molar-refractivity contribution < 1.29 is 39.3 Å². The van der Waals surface area contributed by atoms with Crippen molar-refractivity contribution in [2.45, 2.75) is 68.9 Å². The second-order valence-corrected chi connectivity index (χ2v) is 39.3. The maximum atomic E-state index is 8.20. The van der Waals surface area contributed by atoms with E-state index in [1.807, 2.05) is 151 Å². The standard InChI is InChI=1S/C25H22NS.3C24H20NS.C22H17N2S/c1-15-9-11-19(16(2)13-15)23-25-22(17(3)14-26(23)4)21-12-10-18-7-5-6-8-20(18)24(21)27-25;1-15-8-4-6-10-18(15)22-24-21(16(2)14-25(22)3)20-13-12-17-9-5-7-11-19(17)23(20)26-24;1-15-8-10-18(16(2)14-15)22-24-21(12-13-25(22)3)20-11-9-17-6-4-5-7-19(17)23(20)26-24;1-15-8-10-19-17(14-15)9-11-20-21-12-13-25(3)22(24(21)26-23(19)20)18-7-5-4-6-16(18)2;1-14-6-3-4-7-15(14)20-22-17(11-13-24(20)2)16-9-10-19-18(21(16)25-22)8-5-12-23-19/h5-14H,1-4H3;3*4-14H,1-3H3;3-13H,1-2H3/q5*+1/i1D3,3D3;2D3;1D3;;. The molecule has 0 spiro atoms. The van der Waals surface area contributed by atoms with Gasteiger partial charge in [-0.05, 0) is 188 Å². The Morgan fingerprint density at radius 1 is 0.223 bits per heavy atom. The third kappa shape index (κ3) is 14.5. The third-order valence-electron chi connectivity index (χ3n) is 25.7. The Morgan fingerprint density at radius 2 is 0.538 bits per heavy atom. The van der Waals surface area contributed by atoms with Gasteiger partial charge in [-0.2, -0.15) is 22.8 Å². The normalized spacial score (nSPS) is 13.4. The lowest BCUT2D eigenvalue weighted by Crippen LogP contribution is -2.31. The molecular weight excluding hydrogens is 1670 g/mol. The first-order chi connectivity index (χ1) is 68.0. The SMILES string of the molecule is Cc1ccc2c(ccc3c4cc[n+](C)c(-c5ccccc5C)c4sc23)c1.Cc1ccccc1-c1c2sc3c4cccnc4ccc3c2cc[n+]1C.[2H]C([2H])([2H])c1c[n+](C)c(-c2ccccc2C)c2sc3c4ccccc4ccc3c12.[2H]C([2H])([2H])c1ccc(-c2c3sc4c5ccccc5ccc4c3c(C([2H])([2H])[2H])c[n+]2C)c(C)c1.[2H]C([2H])([2H])c1ccc(-c2c3sc4c5ccccc5ccc4c3cc[n+]2C)c(C)c1. The number of hydrogen-bond acceptors (Lipinski definition) is 6. The van der Waals surface area contributed by atoms with E-state index in [-0.39, 0.29) is 0 Å². The molecule has 0 unspecified atom stereocenters. The van der Waals surface area contributed by atoms with Crippen molar-refractivity contribution in [1.82, 2.24) is 4.98 Å². The number of nitrogens with zero attached hydrogens (tertiary/aromatic N) is 6. The summed E-state index contributed by atoms with van der Waals surface area (Å²) in [5, 5.41) is 22.4. The average molecular weight is 1790 g/mol. The first-order valence-electron chi connectivity index (χ1n) is 49.5. The van der Waals surface area contributed by atoms with Crippen LogP contribution in [-0.4, -0.2) is 4.98 Å². The minimum atomic E-state index is -2.27. The molecular formula is C119H99N6S5+5. The highest BCUT2D eigenvalue weighted by molar-refractivity contribution is 7.29. The molecule has 0 fully saturated rings. The van der Waals surface area contributed by atoms with Gasteiger partial charge in [0.1, 0.15) is 58.7 Å². The van der Waals surface area contributed by atoms with Gasteiger partial charge in [-0.1, -0.05) is 241 Å². The Labute approximate surface area is 794 Å². The van der Waals surface area contributed by atoms with E-state index in [1.54, 1.807) is 59.3 Å². The van der Waals surface area contributed by atoms with Crippen LogP contribution in [0, 0.1) is 68.9 Å². The summed E-state index contributed by atoms with van der Waals surface area (Å²) in [6, 6.07) is 100. The fourth-order valence-electron chi connectivity index (χ4n) is 19.3. The van der Waals surface area contributed by atoms with E-state index in [0.29, 0.717) is 22.3 Å². The molecule has 130 heavy (non-hydrogen) atoms. The van der Waals surface area contributed by atoms with Crippen LogP contribution in [0.5, 0.6) is 0 Å². The van der Waals surface area contributed by atoms with E-state index in [1.165, 1.54) is 143 Å². The van der Waals surface area contributed by atoms with Gasteiger partial charge in [0.25, 0.3) is 0 Å². The summed E-state index contributed by atoms with van der Waals surface area (Å²) in [7, 11) is 10.1. The van der Waals surface area contributed by atoms with Crippen molar-refractivity contribution in [2.24, 2.45) is 35.2 Å². The average Bonchev–Trinajstić information content (AvgIpc) is 1.57. The van der Waals surface area contributed by atoms with Crippen LogP contribution < -0.4 is 22.8 Å². The fourth-order valence-corrected chi connectivity index (χ4v) is 26.5. The Kier molecular flexibility index (Phi) is 18.3. The first-order valence-corrected chi connectivity index (χ1v) is 47.6. The number of fused-ring (bicyclic) bond motifs is 25. The van der Waals surface area contributed by atoms with Gasteiger partial charge in [-0.3, -0.25) is 4.98 Å². The molecule has 11 heterocycles. The molecule has 0 aliphatic carbocycles. The second-order valence-electron chi connectivity index (χ2n) is 34.2. The molecule has 0 saturated carbocycles. The molecule has 0 bridgehead atoms. The highest BCUT2D eigenvalue weighted by atomic mass is 32.1. The summed E-state index contributed by atoms with van der Waals surface area (Å²) >= 11 is 8.90. The maximum absolute atomic E-state index is 8.20. The van der Waals surface area contributed by atoms with Crippen LogP contribution in [0.2, 0.25) is 0 Å². The largest absolute Gasteiger partial charge is 0.256 e. The Hall–Kier alpha value is -13.6. The zero-order chi connectivity index (χ0) is 99.2. The van der Waals surface area contributed by atoms with Crippen molar-refractivity contribution in [3.05, 3.63) is 384 Å². The molecule has 630 valence electrons. The number of pyridine rings is 6. The molecule has 0 atom stereocenters. The zero-order valence-corrected chi connectivity index (χ0v) is 78.0. The van der Waals surface area contributed by atoms with Crippen LogP contribution in [0.4, 0.5) is 0 Å². The van der Waals surface area contributed by atoms with Crippen LogP contribution in [-0.2, 0) is 35.2 Å². The van der Waals surface area contributed by atoms with E-state index < -0.39 is 27.4 Å². The lowest BCUT2D eigenvalue weighted by Gasteiger charge is -2.08. The van der Waals surface area contributed by atoms with Crippen LogP contribution in [0.25, 0.3) is 211 Å². The molecule has 0 aliphatic rings. The van der Waals surface area contributed by atoms with Gasteiger partial charge in [0.2, 0.25) is 28.5 Å².